The predicted octanol–water partition coefficient (Wildman–Crippen LogP) is -1.19. The molecule has 4 N–H and O–H groups in total. The largest absolute Gasteiger partial charge is 0.368 e. The molecule has 0 saturated carbocycles. The highest BCUT2D eigenvalue weighted by Crippen LogP contribution is 1.99. The zero-order chi connectivity index (χ0) is 8.97. The number of nitrogens with zero attached hydrogens (tertiary/aromatic N) is 3. The quantitative estimate of drug-likeness (QED) is 0.208. The van der Waals surface area contributed by atoms with Gasteiger partial charge in [-0.05, 0) is 20.0 Å². The summed E-state index contributed by atoms with van der Waals surface area (Å²) >= 11 is 0. The van der Waals surface area contributed by atoms with Crippen molar-refractivity contribution in [2.75, 3.05) is 33.2 Å². The lowest BCUT2D eigenvalue weighted by Crippen LogP contribution is -2.40. The van der Waals surface area contributed by atoms with E-state index in [1.165, 1.54) is 0 Å². The summed E-state index contributed by atoms with van der Waals surface area (Å²) in [4.78, 5) is 4.30. The van der Waals surface area contributed by atoms with Crippen LogP contribution in [0.2, 0.25) is 0 Å². The highest BCUT2D eigenvalue weighted by molar-refractivity contribution is 5.77. The van der Waals surface area contributed by atoms with Gasteiger partial charge in [-0.3, -0.25) is 0 Å². The van der Waals surface area contributed by atoms with E-state index in [1.807, 2.05) is 4.90 Å². The summed E-state index contributed by atoms with van der Waals surface area (Å²) in [5, 5.41) is 3.48. The predicted molar refractivity (Wildman–Crippen MR) is 49.5 cm³/mol. The van der Waals surface area contributed by atoms with Crippen molar-refractivity contribution in [3.05, 3.63) is 0 Å². The van der Waals surface area contributed by atoms with Gasteiger partial charge in [0.15, 0.2) is 0 Å². The minimum atomic E-state index is 0.449. The van der Waals surface area contributed by atoms with Gasteiger partial charge in [0.1, 0.15) is 0 Å². The molecule has 1 aliphatic rings. The molecule has 1 heterocycles. The Morgan fingerprint density at radius 2 is 2.00 bits per heavy atom. The molecule has 70 valence electrons. The van der Waals surface area contributed by atoms with E-state index in [-0.39, 0.29) is 0 Å². The highest BCUT2D eigenvalue weighted by atomic mass is 15.3. The van der Waals surface area contributed by atoms with Crippen LogP contribution in [-0.4, -0.2) is 49.0 Å². The van der Waals surface area contributed by atoms with Gasteiger partial charge in [-0.2, -0.15) is 0 Å². The van der Waals surface area contributed by atoms with Crippen LogP contribution in [0, 0.1) is 0 Å². The highest BCUT2D eigenvalue weighted by Gasteiger charge is 2.12. The van der Waals surface area contributed by atoms with Crippen LogP contribution in [0.15, 0.2) is 5.10 Å². The van der Waals surface area contributed by atoms with Crippen LogP contribution in [0.25, 0.3) is 0 Å². The van der Waals surface area contributed by atoms with Crippen LogP contribution in [0.5, 0.6) is 0 Å². The zero-order valence-corrected chi connectivity index (χ0v) is 7.53. The summed E-state index contributed by atoms with van der Waals surface area (Å²) in [6.07, 6.45) is 1.12. The van der Waals surface area contributed by atoms with Gasteiger partial charge in [0.05, 0.1) is 0 Å². The molecule has 0 aromatic rings. The van der Waals surface area contributed by atoms with Gasteiger partial charge in [0.2, 0.25) is 5.96 Å². The molecule has 1 fully saturated rings. The number of likely N-dealkylation sites (N-methyl/N-ethyl adjacent to an activating group) is 1. The maximum absolute atomic E-state index is 5.59. The summed E-state index contributed by atoms with van der Waals surface area (Å²) in [5.74, 6) is 5.55. The molecule has 0 bridgehead atoms. The molecular weight excluding hydrogens is 154 g/mol. The number of guanidine groups is 1. The van der Waals surface area contributed by atoms with Gasteiger partial charge in [-0.15, -0.1) is 5.10 Å². The summed E-state index contributed by atoms with van der Waals surface area (Å²) in [5.41, 5.74) is 5.59. The molecular formula is C7H17N5. The Labute approximate surface area is 73.0 Å². The van der Waals surface area contributed by atoms with Crippen LogP contribution in [0.1, 0.15) is 6.42 Å². The SMILES string of the molecule is CN1CCCN(/C(N)=N/N)CC1. The topological polar surface area (TPSA) is 70.9 Å². The standard InChI is InChI=1S/C7H17N5/c1-11-3-2-4-12(6-5-11)7(8)10-9/h2-6,9H2,1H3,(H2,8,10). The lowest BCUT2D eigenvalue weighted by atomic mass is 10.4. The molecule has 0 aromatic carbocycles. The van der Waals surface area contributed by atoms with Crippen molar-refractivity contribution in [1.29, 1.82) is 0 Å². The third-order valence-corrected chi connectivity index (χ3v) is 2.18. The summed E-state index contributed by atoms with van der Waals surface area (Å²) in [7, 11) is 2.11. The molecule has 0 spiro atoms. The van der Waals surface area contributed by atoms with Crippen molar-refractivity contribution < 1.29 is 0 Å². The lowest BCUT2D eigenvalue weighted by molar-refractivity contribution is 0.345. The number of hydrazone groups is 1. The first-order valence-corrected chi connectivity index (χ1v) is 4.21. The molecule has 1 aliphatic heterocycles. The molecule has 0 aromatic heterocycles. The number of rotatable bonds is 0. The fourth-order valence-corrected chi connectivity index (χ4v) is 1.36. The Hall–Kier alpha value is -0.970. The van der Waals surface area contributed by atoms with Gasteiger partial charge in [-0.25, -0.2) is 0 Å². The molecule has 0 aliphatic carbocycles. The monoisotopic (exact) mass is 171 g/mol. The van der Waals surface area contributed by atoms with E-state index in [0.717, 1.165) is 32.6 Å². The van der Waals surface area contributed by atoms with Gasteiger partial charge in [0, 0.05) is 19.6 Å². The minimum absolute atomic E-state index is 0.449. The molecule has 5 heteroatoms. The van der Waals surface area contributed by atoms with E-state index in [4.69, 9.17) is 11.6 Å². The maximum Gasteiger partial charge on any atom is 0.213 e. The Kier molecular flexibility index (Phi) is 3.16. The van der Waals surface area contributed by atoms with Gasteiger partial charge in [-0.1, -0.05) is 0 Å². The van der Waals surface area contributed by atoms with E-state index in [0.29, 0.717) is 5.96 Å². The van der Waals surface area contributed by atoms with Crippen molar-refractivity contribution >= 4 is 5.96 Å². The van der Waals surface area contributed by atoms with Crippen molar-refractivity contribution in [2.45, 2.75) is 6.42 Å². The summed E-state index contributed by atoms with van der Waals surface area (Å²) in [6.45, 7) is 4.02. The van der Waals surface area contributed by atoms with Gasteiger partial charge in [0.25, 0.3) is 0 Å². The normalized spacial score (nSPS) is 22.4. The first kappa shape index (κ1) is 9.12. The second kappa shape index (κ2) is 4.15. The van der Waals surface area contributed by atoms with Crippen molar-refractivity contribution in [3.63, 3.8) is 0 Å². The van der Waals surface area contributed by atoms with Gasteiger partial charge >= 0.3 is 0 Å². The second-order valence-corrected chi connectivity index (χ2v) is 3.13. The molecule has 1 rings (SSSR count). The third-order valence-electron chi connectivity index (χ3n) is 2.18. The summed E-state index contributed by atoms with van der Waals surface area (Å²) in [6, 6.07) is 0. The van der Waals surface area contributed by atoms with E-state index in [9.17, 15) is 0 Å². The average molecular weight is 171 g/mol. The smallest absolute Gasteiger partial charge is 0.213 e. The summed E-state index contributed by atoms with van der Waals surface area (Å²) < 4.78 is 0. The van der Waals surface area contributed by atoms with Crippen LogP contribution in [-0.2, 0) is 0 Å². The average Bonchev–Trinajstić information content (AvgIpc) is 2.29. The molecule has 12 heavy (non-hydrogen) atoms. The number of nitrogens with two attached hydrogens (primary N) is 2. The zero-order valence-electron chi connectivity index (χ0n) is 7.53. The van der Waals surface area contributed by atoms with Crippen molar-refractivity contribution in [1.82, 2.24) is 9.80 Å². The van der Waals surface area contributed by atoms with Crippen LogP contribution in [0.3, 0.4) is 0 Å². The molecule has 0 radical (unpaired) electrons. The molecule has 5 nitrogen and oxygen atoms in total. The fourth-order valence-electron chi connectivity index (χ4n) is 1.36. The Balaban J connectivity index is 2.46. The third kappa shape index (κ3) is 2.27. The first-order chi connectivity index (χ1) is 5.74. The molecule has 0 unspecified atom stereocenters. The van der Waals surface area contributed by atoms with Crippen LogP contribution < -0.4 is 11.6 Å². The van der Waals surface area contributed by atoms with Crippen LogP contribution in [0.4, 0.5) is 0 Å². The van der Waals surface area contributed by atoms with Crippen LogP contribution >= 0.6 is 0 Å². The van der Waals surface area contributed by atoms with Gasteiger partial charge < -0.3 is 21.4 Å². The lowest BCUT2D eigenvalue weighted by Gasteiger charge is -2.20. The Morgan fingerprint density at radius 1 is 1.25 bits per heavy atom. The molecule has 0 atom stereocenters. The van der Waals surface area contributed by atoms with Crippen molar-refractivity contribution in [2.24, 2.45) is 16.7 Å². The van der Waals surface area contributed by atoms with Crippen molar-refractivity contribution in [3.8, 4) is 0 Å². The molecule has 1 saturated heterocycles. The van der Waals surface area contributed by atoms with E-state index < -0.39 is 0 Å². The van der Waals surface area contributed by atoms with E-state index in [1.54, 1.807) is 0 Å². The first-order valence-electron chi connectivity index (χ1n) is 4.21. The Bertz CT molecular complexity index is 167. The van der Waals surface area contributed by atoms with E-state index in [2.05, 4.69) is 17.0 Å². The maximum atomic E-state index is 5.59. The second-order valence-electron chi connectivity index (χ2n) is 3.13. The fraction of sp³-hybridized carbons (Fsp3) is 0.857. The molecule has 0 amide bonds. The number of hydrogen-bond donors (Lipinski definition) is 2. The van der Waals surface area contributed by atoms with E-state index >= 15 is 0 Å². The minimum Gasteiger partial charge on any atom is -0.368 e. The Morgan fingerprint density at radius 3 is 2.67 bits per heavy atom. The number of hydrogen-bond acceptors (Lipinski definition) is 3.